The summed E-state index contributed by atoms with van der Waals surface area (Å²) < 4.78 is 6.69. The van der Waals surface area contributed by atoms with Gasteiger partial charge in [-0.15, -0.1) is 0 Å². The van der Waals surface area contributed by atoms with Gasteiger partial charge in [-0.05, 0) is 68.9 Å². The van der Waals surface area contributed by atoms with E-state index in [1.165, 1.54) is 11.0 Å². The van der Waals surface area contributed by atoms with Crippen LogP contribution in [0.4, 0.5) is 11.6 Å². The van der Waals surface area contributed by atoms with E-state index in [0.717, 1.165) is 23.1 Å². The van der Waals surface area contributed by atoms with E-state index in [-0.39, 0.29) is 10.7 Å². The van der Waals surface area contributed by atoms with E-state index >= 15 is 0 Å². The van der Waals surface area contributed by atoms with Crippen LogP contribution in [0.5, 0.6) is 0 Å². The molecule has 2 amide bonds. The third-order valence-corrected chi connectivity index (χ3v) is 5.25. The number of hydrogen-bond donors (Lipinski definition) is 1. The summed E-state index contributed by atoms with van der Waals surface area (Å²) in [6.45, 7) is 7.52. The summed E-state index contributed by atoms with van der Waals surface area (Å²) in [7, 11) is 0. The predicted octanol–water partition coefficient (Wildman–Crippen LogP) is 4.03. The first-order chi connectivity index (χ1) is 13.3. The molecule has 6 nitrogen and oxygen atoms in total. The fourth-order valence-electron chi connectivity index (χ4n) is 3.01. The van der Waals surface area contributed by atoms with Gasteiger partial charge < -0.3 is 9.32 Å². The number of nitrogens with zero attached hydrogens (tertiary/aromatic N) is 2. The molecule has 0 saturated carbocycles. The van der Waals surface area contributed by atoms with Crippen molar-refractivity contribution in [2.75, 3.05) is 22.9 Å². The average molecular weight is 462 g/mol. The average Bonchev–Trinajstić information content (AvgIpc) is 3.10. The second kappa shape index (κ2) is 8.28. The molecule has 1 aromatic heterocycles. The Balaban J connectivity index is 1.97. The van der Waals surface area contributed by atoms with Gasteiger partial charge in [-0.3, -0.25) is 19.8 Å². The van der Waals surface area contributed by atoms with Crippen molar-refractivity contribution in [3.63, 3.8) is 0 Å². The van der Waals surface area contributed by atoms with Crippen LogP contribution in [0.1, 0.15) is 25.2 Å². The fourth-order valence-corrected chi connectivity index (χ4v) is 3.76. The van der Waals surface area contributed by atoms with Crippen molar-refractivity contribution < 1.29 is 14.0 Å². The number of benzene rings is 1. The van der Waals surface area contributed by atoms with Gasteiger partial charge in [-0.25, -0.2) is 0 Å². The largest absolute Gasteiger partial charge is 0.441 e. The van der Waals surface area contributed by atoms with E-state index < -0.39 is 11.8 Å². The number of rotatable bonds is 5. The molecular formula is C20H20BrN3O3S. The number of nitrogens with one attached hydrogen (secondary N) is 1. The Kier molecular flexibility index (Phi) is 6.00. The van der Waals surface area contributed by atoms with E-state index in [4.69, 9.17) is 16.6 Å². The molecule has 8 heteroatoms. The summed E-state index contributed by atoms with van der Waals surface area (Å²) in [5.74, 6) is 0.0964. The fraction of sp³-hybridized carbons (Fsp3) is 0.250. The maximum Gasteiger partial charge on any atom is 0.270 e. The van der Waals surface area contributed by atoms with Gasteiger partial charge in [-0.2, -0.15) is 0 Å². The normalized spacial score (nSPS) is 15.9. The van der Waals surface area contributed by atoms with Crippen LogP contribution in [0.2, 0.25) is 0 Å². The van der Waals surface area contributed by atoms with E-state index in [0.29, 0.717) is 17.3 Å². The van der Waals surface area contributed by atoms with Crippen molar-refractivity contribution in [2.45, 2.75) is 20.8 Å². The first-order valence-electron chi connectivity index (χ1n) is 8.88. The number of aryl methyl sites for hydroxylation is 1. The van der Waals surface area contributed by atoms with Gasteiger partial charge >= 0.3 is 0 Å². The first-order valence-corrected chi connectivity index (χ1v) is 10.1. The Morgan fingerprint density at radius 3 is 2.57 bits per heavy atom. The quantitative estimate of drug-likeness (QED) is 0.413. The number of carbonyl (C=O) groups excluding carboxylic acids is 2. The van der Waals surface area contributed by atoms with Crippen LogP contribution in [0.3, 0.4) is 0 Å². The second-order valence-electron chi connectivity index (χ2n) is 6.24. The van der Waals surface area contributed by atoms with Gasteiger partial charge in [0.05, 0.1) is 5.69 Å². The standard InChI is InChI=1S/C20H20BrN3O3S/c1-4-23(5-2)17-9-7-14(27-17)11-15-18(25)22-20(28)24(19(15)26)16-8-6-13(21)10-12(16)3/h6-11H,4-5H2,1-3H3,(H,22,25,28). The number of thiocarbonyl (C=S) groups is 1. The lowest BCUT2D eigenvalue weighted by molar-refractivity contribution is -0.122. The van der Waals surface area contributed by atoms with Crippen molar-refractivity contribution in [3.05, 3.63) is 51.7 Å². The molecule has 1 aromatic carbocycles. The molecular weight excluding hydrogens is 442 g/mol. The smallest absolute Gasteiger partial charge is 0.270 e. The SMILES string of the molecule is CCN(CC)c1ccc(C=C2C(=O)NC(=S)N(c3ccc(Br)cc3C)C2=O)o1. The minimum absolute atomic E-state index is 0.0311. The molecule has 1 N–H and O–H groups in total. The first kappa shape index (κ1) is 20.3. The van der Waals surface area contributed by atoms with E-state index in [9.17, 15) is 9.59 Å². The maximum absolute atomic E-state index is 13.1. The molecule has 1 saturated heterocycles. The summed E-state index contributed by atoms with van der Waals surface area (Å²) in [5, 5.41) is 2.64. The lowest BCUT2D eigenvalue weighted by atomic mass is 10.1. The van der Waals surface area contributed by atoms with Crippen LogP contribution in [0.15, 0.2) is 44.8 Å². The summed E-state index contributed by atoms with van der Waals surface area (Å²) in [6.07, 6.45) is 1.45. The number of hydrogen-bond acceptors (Lipinski definition) is 5. The van der Waals surface area contributed by atoms with Crippen molar-refractivity contribution in [3.8, 4) is 0 Å². The van der Waals surface area contributed by atoms with Crippen LogP contribution >= 0.6 is 28.1 Å². The minimum atomic E-state index is -0.540. The highest BCUT2D eigenvalue weighted by molar-refractivity contribution is 9.10. The lowest BCUT2D eigenvalue weighted by Crippen LogP contribution is -2.54. The zero-order chi connectivity index (χ0) is 20.4. The summed E-state index contributed by atoms with van der Waals surface area (Å²) in [6, 6.07) is 9.05. The molecule has 3 rings (SSSR count). The van der Waals surface area contributed by atoms with E-state index in [1.54, 1.807) is 12.1 Å². The number of anilines is 2. The molecule has 0 atom stereocenters. The molecule has 0 unspecified atom stereocenters. The van der Waals surface area contributed by atoms with Gasteiger partial charge in [-0.1, -0.05) is 15.9 Å². The zero-order valence-electron chi connectivity index (χ0n) is 15.8. The van der Waals surface area contributed by atoms with Crippen molar-refractivity contribution in [1.82, 2.24) is 5.32 Å². The highest BCUT2D eigenvalue weighted by atomic mass is 79.9. The second-order valence-corrected chi connectivity index (χ2v) is 7.54. The molecule has 1 fully saturated rings. The minimum Gasteiger partial charge on any atom is -0.441 e. The van der Waals surface area contributed by atoms with Gasteiger partial charge in [0.2, 0.25) is 0 Å². The summed E-state index contributed by atoms with van der Waals surface area (Å²) in [5.41, 5.74) is 1.44. The van der Waals surface area contributed by atoms with Gasteiger partial charge in [0.15, 0.2) is 11.0 Å². The summed E-state index contributed by atoms with van der Waals surface area (Å²) in [4.78, 5) is 28.9. The Hall–Kier alpha value is -2.45. The predicted molar refractivity (Wildman–Crippen MR) is 117 cm³/mol. The van der Waals surface area contributed by atoms with Gasteiger partial charge in [0.1, 0.15) is 11.3 Å². The van der Waals surface area contributed by atoms with Crippen molar-refractivity contribution in [1.29, 1.82) is 0 Å². The van der Waals surface area contributed by atoms with Crippen LogP contribution < -0.4 is 15.1 Å². The van der Waals surface area contributed by atoms with E-state index in [2.05, 4.69) is 21.2 Å². The maximum atomic E-state index is 13.1. The number of carbonyl (C=O) groups is 2. The van der Waals surface area contributed by atoms with Gasteiger partial charge in [0, 0.05) is 23.6 Å². The van der Waals surface area contributed by atoms with Crippen molar-refractivity contribution >= 4 is 62.7 Å². The number of halogens is 1. The molecule has 1 aliphatic rings. The molecule has 2 heterocycles. The Morgan fingerprint density at radius 1 is 1.21 bits per heavy atom. The van der Waals surface area contributed by atoms with Crippen LogP contribution in [-0.4, -0.2) is 30.0 Å². The third-order valence-electron chi connectivity index (χ3n) is 4.48. The van der Waals surface area contributed by atoms with Crippen LogP contribution in [-0.2, 0) is 9.59 Å². The molecule has 2 aromatic rings. The Morgan fingerprint density at radius 2 is 1.93 bits per heavy atom. The Labute approximate surface area is 177 Å². The molecule has 28 heavy (non-hydrogen) atoms. The molecule has 0 radical (unpaired) electrons. The van der Waals surface area contributed by atoms with E-state index in [1.807, 2.05) is 43.9 Å². The lowest BCUT2D eigenvalue weighted by Gasteiger charge is -2.30. The summed E-state index contributed by atoms with van der Waals surface area (Å²) >= 11 is 8.66. The molecule has 1 aliphatic heterocycles. The third kappa shape index (κ3) is 3.88. The van der Waals surface area contributed by atoms with Crippen LogP contribution in [0.25, 0.3) is 6.08 Å². The molecule has 0 spiro atoms. The monoisotopic (exact) mass is 461 g/mol. The highest BCUT2D eigenvalue weighted by Gasteiger charge is 2.35. The molecule has 146 valence electrons. The number of amides is 2. The number of furan rings is 1. The topological polar surface area (TPSA) is 65.8 Å². The Bertz CT molecular complexity index is 979. The van der Waals surface area contributed by atoms with Crippen LogP contribution in [0, 0.1) is 6.92 Å². The zero-order valence-corrected chi connectivity index (χ0v) is 18.2. The molecule has 0 aliphatic carbocycles. The molecule has 0 bridgehead atoms. The van der Waals surface area contributed by atoms with Gasteiger partial charge in [0.25, 0.3) is 11.8 Å². The van der Waals surface area contributed by atoms with Crippen molar-refractivity contribution in [2.24, 2.45) is 0 Å². The highest BCUT2D eigenvalue weighted by Crippen LogP contribution is 2.28.